The number of hydrogen-bond acceptors (Lipinski definition) is 11. The zero-order chi connectivity index (χ0) is 33.9. The second-order valence-electron chi connectivity index (χ2n) is 12.4. The maximum Gasteiger partial charge on any atom is 0.225 e. The molecule has 3 atom stereocenters. The molecule has 3 aromatic carbocycles. The number of thiophene rings is 1. The highest BCUT2D eigenvalue weighted by Crippen LogP contribution is 2.41. The lowest BCUT2D eigenvalue weighted by Gasteiger charge is -2.37. The monoisotopic (exact) mass is 709 g/mol. The van der Waals surface area contributed by atoms with Crippen LogP contribution < -0.4 is 14.5 Å². The standard InChI is InChI=1S/C36H36ClN9O3S/c1-26(27-5-3-2-4-6-27)35-40-41-42-46(35)30-9-7-28(8-10-30)43-17-19-44(20-18-43)29-11-13-31(14-12-29)47-21-32-22-48-36(49-32,23-45-25-38-24-39-45)33-15-16-34(37)50-33/h2-16,24-26,32H,17-23H2,1H3. The molecular weight excluding hydrogens is 674 g/mol. The van der Waals surface area contributed by atoms with Gasteiger partial charge in [0.05, 0.1) is 21.5 Å². The van der Waals surface area contributed by atoms with Crippen LogP contribution in [0.4, 0.5) is 11.4 Å². The minimum absolute atomic E-state index is 0.0736. The van der Waals surface area contributed by atoms with Gasteiger partial charge < -0.3 is 24.0 Å². The molecule has 12 nitrogen and oxygen atoms in total. The molecule has 3 aromatic heterocycles. The van der Waals surface area contributed by atoms with Gasteiger partial charge in [-0.1, -0.05) is 48.9 Å². The summed E-state index contributed by atoms with van der Waals surface area (Å²) in [4.78, 5) is 9.76. The Morgan fingerprint density at radius 2 is 1.60 bits per heavy atom. The number of halogens is 1. The minimum Gasteiger partial charge on any atom is -0.491 e. The Hall–Kier alpha value is -4.82. The van der Waals surface area contributed by atoms with E-state index in [9.17, 15) is 0 Å². The summed E-state index contributed by atoms with van der Waals surface area (Å²) in [6, 6.07) is 30.9. The lowest BCUT2D eigenvalue weighted by atomic mass is 10.0. The topological polar surface area (TPSA) is 108 Å². The fraction of sp³-hybridized carbons (Fsp3) is 0.306. The summed E-state index contributed by atoms with van der Waals surface area (Å²) in [6.07, 6.45) is 2.89. The first-order valence-electron chi connectivity index (χ1n) is 16.6. The van der Waals surface area contributed by atoms with Crippen LogP contribution in [-0.2, 0) is 21.8 Å². The molecule has 3 unspecified atom stereocenters. The Morgan fingerprint density at radius 1 is 0.900 bits per heavy atom. The summed E-state index contributed by atoms with van der Waals surface area (Å²) < 4.78 is 23.1. The van der Waals surface area contributed by atoms with E-state index in [1.807, 2.05) is 47.1 Å². The molecule has 14 heteroatoms. The van der Waals surface area contributed by atoms with E-state index in [2.05, 4.69) is 90.9 Å². The number of nitrogens with zero attached hydrogens (tertiary/aromatic N) is 9. The molecule has 0 spiro atoms. The molecule has 0 N–H and O–H groups in total. The third-order valence-electron chi connectivity index (χ3n) is 9.20. The Bertz CT molecular complexity index is 1980. The summed E-state index contributed by atoms with van der Waals surface area (Å²) in [5.41, 5.74) is 4.49. The number of hydrogen-bond donors (Lipinski definition) is 0. The molecule has 6 aromatic rings. The van der Waals surface area contributed by atoms with Crippen molar-refractivity contribution in [2.24, 2.45) is 0 Å². The third kappa shape index (κ3) is 6.81. The van der Waals surface area contributed by atoms with Crippen molar-refractivity contribution in [1.82, 2.24) is 35.0 Å². The van der Waals surface area contributed by atoms with Gasteiger partial charge in [-0.15, -0.1) is 16.4 Å². The first-order valence-corrected chi connectivity index (χ1v) is 17.8. The van der Waals surface area contributed by atoms with Gasteiger partial charge in [0, 0.05) is 43.5 Å². The largest absolute Gasteiger partial charge is 0.491 e. The molecule has 256 valence electrons. The molecule has 2 aliphatic heterocycles. The van der Waals surface area contributed by atoms with E-state index >= 15 is 0 Å². The zero-order valence-corrected chi connectivity index (χ0v) is 29.0. The van der Waals surface area contributed by atoms with Crippen LogP contribution in [0.1, 0.15) is 29.1 Å². The summed E-state index contributed by atoms with van der Waals surface area (Å²) in [7, 11) is 0. The molecule has 2 aliphatic rings. The van der Waals surface area contributed by atoms with Gasteiger partial charge in [0.1, 0.15) is 37.7 Å². The second kappa shape index (κ2) is 14.2. The molecule has 0 aliphatic carbocycles. The van der Waals surface area contributed by atoms with Gasteiger partial charge in [0.2, 0.25) is 5.79 Å². The predicted octanol–water partition coefficient (Wildman–Crippen LogP) is 5.79. The normalized spacial score (nSPS) is 19.9. The Balaban J connectivity index is 0.840. The highest BCUT2D eigenvalue weighted by molar-refractivity contribution is 7.16. The molecule has 5 heterocycles. The van der Waals surface area contributed by atoms with E-state index in [-0.39, 0.29) is 12.0 Å². The van der Waals surface area contributed by atoms with Crippen molar-refractivity contribution in [2.45, 2.75) is 31.3 Å². The Labute approximate surface area is 298 Å². The molecule has 2 fully saturated rings. The lowest BCUT2D eigenvalue weighted by Crippen LogP contribution is -2.46. The fourth-order valence-corrected chi connectivity index (χ4v) is 7.61. The smallest absolute Gasteiger partial charge is 0.225 e. The van der Waals surface area contributed by atoms with Gasteiger partial charge in [0.25, 0.3) is 0 Å². The van der Waals surface area contributed by atoms with Crippen LogP contribution in [0, 0.1) is 0 Å². The van der Waals surface area contributed by atoms with Gasteiger partial charge in [-0.25, -0.2) is 9.67 Å². The molecule has 50 heavy (non-hydrogen) atoms. The first kappa shape index (κ1) is 32.4. The molecule has 0 radical (unpaired) electrons. The maximum absolute atomic E-state index is 6.46. The van der Waals surface area contributed by atoms with Gasteiger partial charge in [0.15, 0.2) is 5.82 Å². The van der Waals surface area contributed by atoms with Gasteiger partial charge in [-0.2, -0.15) is 9.78 Å². The van der Waals surface area contributed by atoms with Gasteiger partial charge >= 0.3 is 0 Å². The number of tetrazole rings is 1. The van der Waals surface area contributed by atoms with Crippen molar-refractivity contribution in [2.75, 3.05) is 49.2 Å². The molecule has 0 bridgehead atoms. The van der Waals surface area contributed by atoms with Crippen molar-refractivity contribution in [1.29, 1.82) is 0 Å². The number of benzene rings is 3. The molecule has 0 saturated carbocycles. The van der Waals surface area contributed by atoms with Gasteiger partial charge in [-0.05, 0) is 76.7 Å². The van der Waals surface area contributed by atoms with Crippen molar-refractivity contribution in [3.63, 3.8) is 0 Å². The third-order valence-corrected chi connectivity index (χ3v) is 10.6. The van der Waals surface area contributed by atoms with E-state index in [4.69, 9.17) is 25.8 Å². The van der Waals surface area contributed by atoms with E-state index in [0.29, 0.717) is 24.1 Å². The average Bonchev–Trinajstić information content (AvgIpc) is 4.01. The van der Waals surface area contributed by atoms with E-state index in [0.717, 1.165) is 48.3 Å². The quantitative estimate of drug-likeness (QED) is 0.164. The fourth-order valence-electron chi connectivity index (χ4n) is 6.49. The number of ether oxygens (including phenoxy) is 3. The van der Waals surface area contributed by atoms with Crippen LogP contribution in [-0.4, -0.2) is 80.5 Å². The Kier molecular flexibility index (Phi) is 9.19. The number of piperazine rings is 1. The van der Waals surface area contributed by atoms with Crippen LogP contribution in [0.2, 0.25) is 4.34 Å². The SMILES string of the molecule is CC(c1ccccc1)c1nnnn1-c1ccc(N2CCN(c3ccc(OCC4COC(Cn5cncn5)(c5ccc(Cl)s5)O4)cc3)CC2)cc1. The zero-order valence-electron chi connectivity index (χ0n) is 27.5. The average molecular weight is 710 g/mol. The van der Waals surface area contributed by atoms with E-state index in [1.165, 1.54) is 34.6 Å². The van der Waals surface area contributed by atoms with Crippen LogP contribution in [0.25, 0.3) is 5.69 Å². The first-order chi connectivity index (χ1) is 24.5. The van der Waals surface area contributed by atoms with Crippen LogP contribution in [0.15, 0.2) is 104 Å². The number of rotatable bonds is 11. The minimum atomic E-state index is -0.993. The summed E-state index contributed by atoms with van der Waals surface area (Å²) in [5.74, 6) is 0.682. The summed E-state index contributed by atoms with van der Waals surface area (Å²) in [6.45, 7) is 6.92. The maximum atomic E-state index is 6.46. The van der Waals surface area contributed by atoms with Crippen LogP contribution in [0.3, 0.4) is 0 Å². The van der Waals surface area contributed by atoms with Crippen molar-refractivity contribution < 1.29 is 14.2 Å². The summed E-state index contributed by atoms with van der Waals surface area (Å²) >= 11 is 7.68. The molecular formula is C36H36ClN9O3S. The summed E-state index contributed by atoms with van der Waals surface area (Å²) in [5, 5.41) is 16.8. The van der Waals surface area contributed by atoms with Crippen molar-refractivity contribution in [3.05, 3.63) is 124 Å². The van der Waals surface area contributed by atoms with Crippen LogP contribution >= 0.6 is 22.9 Å². The number of aromatic nitrogens is 7. The lowest BCUT2D eigenvalue weighted by molar-refractivity contribution is -0.188. The van der Waals surface area contributed by atoms with E-state index < -0.39 is 5.79 Å². The Morgan fingerprint density at radius 3 is 2.26 bits per heavy atom. The van der Waals surface area contributed by atoms with Gasteiger partial charge in [-0.3, -0.25) is 0 Å². The van der Waals surface area contributed by atoms with Crippen molar-refractivity contribution >= 4 is 34.3 Å². The number of anilines is 2. The second-order valence-corrected chi connectivity index (χ2v) is 14.1. The molecule has 8 rings (SSSR count). The van der Waals surface area contributed by atoms with Crippen LogP contribution in [0.5, 0.6) is 5.75 Å². The van der Waals surface area contributed by atoms with Crippen molar-refractivity contribution in [3.8, 4) is 11.4 Å². The molecule has 2 saturated heterocycles. The highest BCUT2D eigenvalue weighted by atomic mass is 35.5. The molecule has 0 amide bonds. The predicted molar refractivity (Wildman–Crippen MR) is 191 cm³/mol. The van der Waals surface area contributed by atoms with E-state index in [1.54, 1.807) is 11.0 Å². The highest BCUT2D eigenvalue weighted by Gasteiger charge is 2.45.